The van der Waals surface area contributed by atoms with Crippen LogP contribution in [0.5, 0.6) is 0 Å². The van der Waals surface area contributed by atoms with Crippen LogP contribution in [0.15, 0.2) is 88.8 Å². The molecule has 9 heteroatoms. The number of benzene rings is 3. The highest BCUT2D eigenvalue weighted by molar-refractivity contribution is 7.98. The molecule has 35 heavy (non-hydrogen) atoms. The number of para-hydroxylation sites is 1. The molecule has 0 N–H and O–H groups in total. The molecular weight excluding hydrogens is 480 g/mol. The smallest absolute Gasteiger partial charge is 0.262 e. The Kier molecular flexibility index (Phi) is 6.62. The first-order valence-electron chi connectivity index (χ1n) is 10.9. The quantitative estimate of drug-likeness (QED) is 0.287. The summed E-state index contributed by atoms with van der Waals surface area (Å²) in [4.78, 5) is 17.7. The Hall–Kier alpha value is -3.93. The van der Waals surface area contributed by atoms with Crippen LogP contribution < -0.4 is 5.56 Å². The molecule has 5 rings (SSSR count). The molecule has 2 aromatic heterocycles. The summed E-state index contributed by atoms with van der Waals surface area (Å²) in [5.74, 6) is 1.59. The zero-order valence-electron chi connectivity index (χ0n) is 18.5. The van der Waals surface area contributed by atoms with Gasteiger partial charge in [-0.25, -0.2) is 4.98 Å². The Morgan fingerprint density at radius 2 is 1.66 bits per heavy atom. The van der Waals surface area contributed by atoms with Gasteiger partial charge in [-0.15, -0.1) is 10.2 Å². The third-order valence-corrected chi connectivity index (χ3v) is 6.72. The van der Waals surface area contributed by atoms with Crippen molar-refractivity contribution in [2.45, 2.75) is 24.0 Å². The monoisotopic (exact) mass is 498 g/mol. The molecule has 172 valence electrons. The van der Waals surface area contributed by atoms with E-state index < -0.39 is 0 Å². The van der Waals surface area contributed by atoms with Gasteiger partial charge in [0, 0.05) is 10.6 Å². The number of fused-ring (bicyclic) bond motifs is 1. The first-order valence-corrected chi connectivity index (χ1v) is 12.2. The van der Waals surface area contributed by atoms with Crippen molar-refractivity contribution in [1.82, 2.24) is 24.3 Å². The van der Waals surface area contributed by atoms with Crippen LogP contribution in [0.25, 0.3) is 22.3 Å². The van der Waals surface area contributed by atoms with E-state index in [1.54, 1.807) is 18.2 Å². The third-order valence-electron chi connectivity index (χ3n) is 5.50. The van der Waals surface area contributed by atoms with E-state index in [0.29, 0.717) is 45.0 Å². The van der Waals surface area contributed by atoms with Gasteiger partial charge in [0.05, 0.1) is 29.3 Å². The third kappa shape index (κ3) is 4.83. The zero-order chi connectivity index (χ0) is 24.2. The minimum atomic E-state index is -0.222. The van der Waals surface area contributed by atoms with E-state index in [0.717, 1.165) is 11.1 Å². The Morgan fingerprint density at radius 1 is 0.914 bits per heavy atom. The van der Waals surface area contributed by atoms with Gasteiger partial charge >= 0.3 is 0 Å². The average molecular weight is 499 g/mol. The molecule has 2 heterocycles. The van der Waals surface area contributed by atoms with Gasteiger partial charge in [-0.1, -0.05) is 65.8 Å². The largest absolute Gasteiger partial charge is 0.298 e. The van der Waals surface area contributed by atoms with Crippen molar-refractivity contribution < 1.29 is 0 Å². The van der Waals surface area contributed by atoms with Crippen LogP contribution in [0.4, 0.5) is 0 Å². The number of aromatic nitrogens is 5. The summed E-state index contributed by atoms with van der Waals surface area (Å²) in [5.41, 5.74) is 2.39. The Labute approximate surface area is 210 Å². The van der Waals surface area contributed by atoms with Crippen molar-refractivity contribution in [2.75, 3.05) is 0 Å². The number of nitriles is 1. The fourth-order valence-corrected chi connectivity index (χ4v) is 4.81. The van der Waals surface area contributed by atoms with Crippen LogP contribution in [-0.4, -0.2) is 24.3 Å². The molecular formula is C26H19ClN6OS. The molecule has 0 radical (unpaired) electrons. The lowest BCUT2D eigenvalue weighted by Gasteiger charge is -2.12. The van der Waals surface area contributed by atoms with Crippen molar-refractivity contribution in [1.29, 1.82) is 5.26 Å². The number of nitrogens with zero attached hydrogens (tertiary/aromatic N) is 6. The summed E-state index contributed by atoms with van der Waals surface area (Å²) < 4.78 is 3.46. The fourth-order valence-electron chi connectivity index (χ4n) is 3.80. The van der Waals surface area contributed by atoms with Gasteiger partial charge in [-0.05, 0) is 42.0 Å². The normalized spacial score (nSPS) is 11.0. The van der Waals surface area contributed by atoms with E-state index in [2.05, 4.69) is 33.4 Å². The maximum atomic E-state index is 13.0. The van der Waals surface area contributed by atoms with E-state index in [4.69, 9.17) is 11.6 Å². The highest BCUT2D eigenvalue weighted by Crippen LogP contribution is 2.28. The number of thioether (sulfide) groups is 1. The maximum Gasteiger partial charge on any atom is 0.262 e. The van der Waals surface area contributed by atoms with Gasteiger partial charge in [-0.3, -0.25) is 13.9 Å². The molecule has 0 aliphatic carbocycles. The highest BCUT2D eigenvalue weighted by Gasteiger charge is 2.17. The summed E-state index contributed by atoms with van der Waals surface area (Å²) in [5, 5.41) is 20.0. The van der Waals surface area contributed by atoms with Crippen LogP contribution in [0.2, 0.25) is 5.02 Å². The minimum Gasteiger partial charge on any atom is -0.298 e. The van der Waals surface area contributed by atoms with E-state index in [-0.39, 0.29) is 12.1 Å². The minimum absolute atomic E-state index is 0.0701. The van der Waals surface area contributed by atoms with E-state index in [1.807, 2.05) is 53.1 Å². The van der Waals surface area contributed by atoms with Gasteiger partial charge in [0.25, 0.3) is 5.56 Å². The lowest BCUT2D eigenvalue weighted by atomic mass is 10.2. The molecule has 3 aromatic carbocycles. The zero-order valence-corrected chi connectivity index (χ0v) is 20.1. The van der Waals surface area contributed by atoms with Crippen LogP contribution in [0, 0.1) is 11.3 Å². The first kappa shape index (κ1) is 22.8. The van der Waals surface area contributed by atoms with Crippen LogP contribution in [-0.2, 0) is 18.8 Å². The summed E-state index contributed by atoms with van der Waals surface area (Å²) in [6, 6.07) is 26.8. The molecule has 0 spiro atoms. The number of hydrogen-bond acceptors (Lipinski definition) is 6. The maximum absolute atomic E-state index is 13.0. The van der Waals surface area contributed by atoms with Gasteiger partial charge in [0.1, 0.15) is 12.4 Å². The predicted molar refractivity (Wildman–Crippen MR) is 137 cm³/mol. The second-order valence-electron chi connectivity index (χ2n) is 7.77. The second-order valence-corrected chi connectivity index (χ2v) is 9.15. The van der Waals surface area contributed by atoms with E-state index in [9.17, 15) is 10.1 Å². The van der Waals surface area contributed by atoms with Gasteiger partial charge in [0.15, 0.2) is 11.0 Å². The summed E-state index contributed by atoms with van der Waals surface area (Å²) in [6.45, 7) is 0.504. The van der Waals surface area contributed by atoms with Crippen molar-refractivity contribution in [3.8, 4) is 17.5 Å². The van der Waals surface area contributed by atoms with E-state index >= 15 is 0 Å². The molecule has 7 nitrogen and oxygen atoms in total. The van der Waals surface area contributed by atoms with Crippen molar-refractivity contribution >= 4 is 34.3 Å². The topological polar surface area (TPSA) is 89.4 Å². The Morgan fingerprint density at radius 3 is 2.43 bits per heavy atom. The number of rotatable bonds is 7. The van der Waals surface area contributed by atoms with Gasteiger partial charge in [0.2, 0.25) is 0 Å². The van der Waals surface area contributed by atoms with Crippen LogP contribution >= 0.6 is 23.4 Å². The van der Waals surface area contributed by atoms with Crippen molar-refractivity contribution in [3.63, 3.8) is 0 Å². The molecule has 0 amide bonds. The lowest BCUT2D eigenvalue weighted by molar-refractivity contribution is 0.708. The van der Waals surface area contributed by atoms with E-state index in [1.165, 1.54) is 16.3 Å². The van der Waals surface area contributed by atoms with Crippen molar-refractivity contribution in [2.24, 2.45) is 0 Å². The summed E-state index contributed by atoms with van der Waals surface area (Å²) >= 11 is 7.51. The molecule has 0 unspecified atom stereocenters. The SMILES string of the molecule is N#CCn1c(CSc2nnc(-c3ccc(Cl)cc3)n2Cc2ccccc2)nc2ccccc2c1=O. The molecule has 5 aromatic rings. The van der Waals surface area contributed by atoms with Gasteiger partial charge < -0.3 is 0 Å². The molecule has 0 saturated carbocycles. The fraction of sp³-hybridized carbons (Fsp3) is 0.115. The second kappa shape index (κ2) is 10.1. The highest BCUT2D eigenvalue weighted by atomic mass is 35.5. The first-order chi connectivity index (χ1) is 17.1. The average Bonchev–Trinajstić information content (AvgIpc) is 3.28. The van der Waals surface area contributed by atoms with Crippen LogP contribution in [0.3, 0.4) is 0 Å². The molecule has 0 aliphatic rings. The summed E-state index contributed by atoms with van der Waals surface area (Å²) in [7, 11) is 0. The summed E-state index contributed by atoms with van der Waals surface area (Å²) in [6.07, 6.45) is 0. The molecule has 0 saturated heterocycles. The lowest BCUT2D eigenvalue weighted by Crippen LogP contribution is -2.24. The Bertz CT molecular complexity index is 1590. The number of hydrogen-bond donors (Lipinski definition) is 0. The Balaban J connectivity index is 1.53. The van der Waals surface area contributed by atoms with Crippen molar-refractivity contribution in [3.05, 3.63) is 106 Å². The molecule has 0 fully saturated rings. The van der Waals surface area contributed by atoms with Gasteiger partial charge in [-0.2, -0.15) is 5.26 Å². The predicted octanol–water partition coefficient (Wildman–Crippen LogP) is 5.17. The number of halogens is 1. The molecule has 0 bridgehead atoms. The molecule has 0 atom stereocenters. The van der Waals surface area contributed by atoms with Crippen LogP contribution in [0.1, 0.15) is 11.4 Å². The standard InChI is InChI=1S/C26H19ClN6OS/c27-20-12-10-19(11-13-20)24-30-31-26(33(24)16-18-6-2-1-3-7-18)35-17-23-29-22-9-5-4-8-21(22)25(34)32(23)15-14-28/h1-13H,15-17H2. The molecule has 0 aliphatic heterocycles.